The van der Waals surface area contributed by atoms with Crippen LogP contribution in [0.3, 0.4) is 0 Å². The van der Waals surface area contributed by atoms with Gasteiger partial charge in [-0.2, -0.15) is 0 Å². The van der Waals surface area contributed by atoms with E-state index in [2.05, 4.69) is 41.5 Å². The van der Waals surface area contributed by atoms with Crippen LogP contribution >= 0.6 is 0 Å². The highest BCUT2D eigenvalue weighted by Crippen LogP contribution is 2.27. The first-order valence-electron chi connectivity index (χ1n) is 5.90. The van der Waals surface area contributed by atoms with E-state index in [9.17, 15) is 5.11 Å². The van der Waals surface area contributed by atoms with Crippen LogP contribution in [-0.2, 0) is 0 Å². The van der Waals surface area contributed by atoms with Crippen molar-refractivity contribution in [2.75, 3.05) is 0 Å². The van der Waals surface area contributed by atoms with Crippen molar-refractivity contribution in [1.82, 2.24) is 0 Å². The summed E-state index contributed by atoms with van der Waals surface area (Å²) in [5.41, 5.74) is 0.332. The predicted octanol–water partition coefficient (Wildman–Crippen LogP) is 3.86. The summed E-state index contributed by atoms with van der Waals surface area (Å²) >= 11 is 0. The van der Waals surface area contributed by atoms with Crippen LogP contribution < -0.4 is 0 Å². The number of hydrogen-bond donors (Lipinski definition) is 1. The zero-order valence-corrected chi connectivity index (χ0v) is 10.8. The van der Waals surface area contributed by atoms with E-state index in [1.54, 1.807) is 0 Å². The fourth-order valence-electron chi connectivity index (χ4n) is 1.89. The lowest BCUT2D eigenvalue weighted by Crippen LogP contribution is -2.23. The Morgan fingerprint density at radius 1 is 1.00 bits per heavy atom. The molecule has 0 aliphatic heterocycles. The average Bonchev–Trinajstić information content (AvgIpc) is 1.96. The molecule has 14 heavy (non-hydrogen) atoms. The Labute approximate surface area is 89.9 Å². The Morgan fingerprint density at radius 3 is 1.86 bits per heavy atom. The quantitative estimate of drug-likeness (QED) is 0.714. The molecule has 0 amide bonds. The molecule has 0 aromatic carbocycles. The summed E-state index contributed by atoms with van der Waals surface area (Å²) < 4.78 is 0. The summed E-state index contributed by atoms with van der Waals surface area (Å²) in [7, 11) is 0. The molecular weight excluding hydrogens is 172 g/mol. The topological polar surface area (TPSA) is 20.2 Å². The Balaban J connectivity index is 3.82. The molecule has 0 saturated carbocycles. The minimum atomic E-state index is -0.114. The van der Waals surface area contributed by atoms with Gasteiger partial charge in [-0.15, -0.1) is 0 Å². The maximum Gasteiger partial charge on any atom is 0.0566 e. The summed E-state index contributed by atoms with van der Waals surface area (Å²) in [5.74, 6) is 1.13. The highest BCUT2D eigenvalue weighted by molar-refractivity contribution is 4.72. The Bertz CT molecular complexity index is 144. The van der Waals surface area contributed by atoms with Gasteiger partial charge in [-0.25, -0.2) is 0 Å². The lowest BCUT2D eigenvalue weighted by atomic mass is 9.82. The molecule has 0 rings (SSSR count). The molecule has 0 fully saturated rings. The van der Waals surface area contributed by atoms with Crippen molar-refractivity contribution in [1.29, 1.82) is 0 Å². The fraction of sp³-hybridized carbons (Fsp3) is 1.00. The lowest BCUT2D eigenvalue weighted by Gasteiger charge is -2.27. The first-order chi connectivity index (χ1) is 6.22. The van der Waals surface area contributed by atoms with E-state index in [4.69, 9.17) is 0 Å². The molecule has 86 valence electrons. The second kappa shape index (κ2) is 5.75. The number of rotatable bonds is 5. The molecule has 2 unspecified atom stereocenters. The second-order valence-electron chi connectivity index (χ2n) is 6.28. The zero-order chi connectivity index (χ0) is 11.4. The SMILES string of the molecule is CC(C)CCC(O)C(C)CC(C)(C)C. The third-order valence-electron chi connectivity index (χ3n) is 2.63. The molecule has 0 radical (unpaired) electrons. The molecule has 0 aromatic rings. The highest BCUT2D eigenvalue weighted by atomic mass is 16.3. The van der Waals surface area contributed by atoms with Gasteiger partial charge < -0.3 is 5.11 Å². The molecule has 0 aliphatic rings. The number of hydrogen-bond acceptors (Lipinski definition) is 1. The van der Waals surface area contributed by atoms with Gasteiger partial charge in [0.1, 0.15) is 0 Å². The second-order valence-corrected chi connectivity index (χ2v) is 6.28. The van der Waals surface area contributed by atoms with E-state index in [0.29, 0.717) is 17.3 Å². The monoisotopic (exact) mass is 200 g/mol. The first-order valence-corrected chi connectivity index (χ1v) is 5.90. The molecule has 2 atom stereocenters. The van der Waals surface area contributed by atoms with Crippen molar-refractivity contribution in [2.24, 2.45) is 17.3 Å². The molecule has 0 bridgehead atoms. The highest BCUT2D eigenvalue weighted by Gasteiger charge is 2.21. The Hall–Kier alpha value is -0.0400. The van der Waals surface area contributed by atoms with Gasteiger partial charge in [-0.1, -0.05) is 41.5 Å². The average molecular weight is 200 g/mol. The summed E-state index contributed by atoms with van der Waals surface area (Å²) in [6, 6.07) is 0. The minimum Gasteiger partial charge on any atom is -0.393 e. The molecule has 0 spiro atoms. The van der Waals surface area contributed by atoms with Crippen LogP contribution in [0, 0.1) is 17.3 Å². The van der Waals surface area contributed by atoms with Gasteiger partial charge in [0.25, 0.3) is 0 Å². The van der Waals surface area contributed by atoms with Crippen molar-refractivity contribution >= 4 is 0 Å². The van der Waals surface area contributed by atoms with E-state index in [1.807, 2.05) is 0 Å². The van der Waals surface area contributed by atoms with Crippen LogP contribution in [0.4, 0.5) is 0 Å². The van der Waals surface area contributed by atoms with Crippen LogP contribution in [0.1, 0.15) is 60.8 Å². The van der Waals surface area contributed by atoms with E-state index >= 15 is 0 Å². The van der Waals surface area contributed by atoms with Gasteiger partial charge in [0.2, 0.25) is 0 Å². The maximum absolute atomic E-state index is 9.93. The molecule has 1 nitrogen and oxygen atoms in total. The van der Waals surface area contributed by atoms with Crippen LogP contribution in [0.25, 0.3) is 0 Å². The zero-order valence-electron chi connectivity index (χ0n) is 10.8. The summed E-state index contributed by atoms with van der Waals surface area (Å²) in [5, 5.41) is 9.93. The third-order valence-corrected chi connectivity index (χ3v) is 2.63. The standard InChI is InChI=1S/C13H28O/c1-10(2)7-8-12(14)11(3)9-13(4,5)6/h10-12,14H,7-9H2,1-6H3. The first kappa shape index (κ1) is 14.0. The predicted molar refractivity (Wildman–Crippen MR) is 63.3 cm³/mol. The molecular formula is C13H28O. The Kier molecular flexibility index (Phi) is 5.73. The molecule has 0 aliphatic carbocycles. The van der Waals surface area contributed by atoms with E-state index in [-0.39, 0.29) is 6.10 Å². The third kappa shape index (κ3) is 7.37. The fourth-order valence-corrected chi connectivity index (χ4v) is 1.89. The van der Waals surface area contributed by atoms with E-state index in [1.165, 1.54) is 0 Å². The normalized spacial score (nSPS) is 17.1. The molecule has 1 heteroatoms. The van der Waals surface area contributed by atoms with Crippen molar-refractivity contribution < 1.29 is 5.11 Å². The van der Waals surface area contributed by atoms with Crippen molar-refractivity contribution in [3.63, 3.8) is 0 Å². The minimum absolute atomic E-state index is 0.114. The van der Waals surface area contributed by atoms with E-state index < -0.39 is 0 Å². The van der Waals surface area contributed by atoms with E-state index in [0.717, 1.165) is 19.3 Å². The van der Waals surface area contributed by atoms with Crippen LogP contribution in [0.5, 0.6) is 0 Å². The molecule has 0 heterocycles. The van der Waals surface area contributed by atoms with Gasteiger partial charge in [0.15, 0.2) is 0 Å². The van der Waals surface area contributed by atoms with Gasteiger partial charge in [-0.05, 0) is 36.5 Å². The van der Waals surface area contributed by atoms with Crippen molar-refractivity contribution in [3.05, 3.63) is 0 Å². The molecule has 0 saturated heterocycles. The van der Waals surface area contributed by atoms with Crippen LogP contribution in [0.2, 0.25) is 0 Å². The van der Waals surface area contributed by atoms with Gasteiger partial charge in [0.05, 0.1) is 6.10 Å². The lowest BCUT2D eigenvalue weighted by molar-refractivity contribution is 0.0786. The smallest absolute Gasteiger partial charge is 0.0566 e. The van der Waals surface area contributed by atoms with Crippen LogP contribution in [-0.4, -0.2) is 11.2 Å². The molecule has 0 aromatic heterocycles. The number of aliphatic hydroxyl groups is 1. The van der Waals surface area contributed by atoms with Crippen molar-refractivity contribution in [2.45, 2.75) is 66.9 Å². The van der Waals surface area contributed by atoms with Gasteiger partial charge in [-0.3, -0.25) is 0 Å². The molecule has 1 N–H and O–H groups in total. The van der Waals surface area contributed by atoms with Crippen molar-refractivity contribution in [3.8, 4) is 0 Å². The van der Waals surface area contributed by atoms with Crippen LogP contribution in [0.15, 0.2) is 0 Å². The number of aliphatic hydroxyl groups excluding tert-OH is 1. The van der Waals surface area contributed by atoms with Gasteiger partial charge >= 0.3 is 0 Å². The maximum atomic E-state index is 9.93. The summed E-state index contributed by atoms with van der Waals surface area (Å²) in [4.78, 5) is 0. The summed E-state index contributed by atoms with van der Waals surface area (Å²) in [6.45, 7) is 13.3. The summed E-state index contributed by atoms with van der Waals surface area (Å²) in [6.07, 6.45) is 3.08. The Morgan fingerprint density at radius 2 is 1.50 bits per heavy atom. The van der Waals surface area contributed by atoms with Gasteiger partial charge in [0, 0.05) is 0 Å². The largest absolute Gasteiger partial charge is 0.393 e.